The summed E-state index contributed by atoms with van der Waals surface area (Å²) in [6.07, 6.45) is 3.86. The summed E-state index contributed by atoms with van der Waals surface area (Å²) in [6.45, 7) is 5.80. The molecule has 3 rings (SSSR count). The van der Waals surface area contributed by atoms with E-state index in [1.807, 2.05) is 42.3 Å². The number of amides is 1. The molecule has 0 bridgehead atoms. The number of carbonyl (C=O) groups is 1. The minimum absolute atomic E-state index is 0.0859. The van der Waals surface area contributed by atoms with Gasteiger partial charge in [0.1, 0.15) is 0 Å². The van der Waals surface area contributed by atoms with Crippen LogP contribution in [-0.2, 0) is 16.6 Å². The lowest BCUT2D eigenvalue weighted by Gasteiger charge is -2.30. The first-order valence-electron chi connectivity index (χ1n) is 9.83. The van der Waals surface area contributed by atoms with E-state index in [-0.39, 0.29) is 17.3 Å². The minimum atomic E-state index is -3.73. The molecule has 0 aliphatic carbocycles. The monoisotopic (exact) mass is 432 g/mol. The Morgan fingerprint density at radius 1 is 1.17 bits per heavy atom. The van der Waals surface area contributed by atoms with Crippen LogP contribution < -0.4 is 4.72 Å². The highest BCUT2D eigenvalue weighted by Gasteiger charge is 2.25. The third-order valence-electron chi connectivity index (χ3n) is 5.50. The van der Waals surface area contributed by atoms with E-state index in [1.54, 1.807) is 12.1 Å². The Balaban J connectivity index is 1.83. The van der Waals surface area contributed by atoms with E-state index in [9.17, 15) is 13.2 Å². The molecular formula is C22H28N2O3S2. The van der Waals surface area contributed by atoms with Gasteiger partial charge >= 0.3 is 0 Å². The molecule has 0 saturated carbocycles. The molecule has 1 N–H and O–H groups in total. The Kier molecular flexibility index (Phi) is 7.03. The van der Waals surface area contributed by atoms with Crippen molar-refractivity contribution in [2.45, 2.75) is 43.0 Å². The molecule has 5 nitrogen and oxygen atoms in total. The van der Waals surface area contributed by atoms with Gasteiger partial charge in [0, 0.05) is 24.5 Å². The molecule has 1 amide bonds. The molecule has 7 heteroatoms. The molecule has 0 atom stereocenters. The van der Waals surface area contributed by atoms with Crippen LogP contribution in [0, 0.1) is 12.8 Å². The van der Waals surface area contributed by atoms with Crippen molar-refractivity contribution in [3.63, 3.8) is 0 Å². The third-order valence-corrected chi connectivity index (χ3v) is 7.69. The second kappa shape index (κ2) is 9.32. The summed E-state index contributed by atoms with van der Waals surface area (Å²) in [5.41, 5.74) is 2.42. The van der Waals surface area contributed by atoms with Crippen molar-refractivity contribution in [2.75, 3.05) is 19.3 Å². The fourth-order valence-electron chi connectivity index (χ4n) is 3.47. The lowest BCUT2D eigenvalue weighted by Crippen LogP contribution is -2.38. The lowest BCUT2D eigenvalue weighted by molar-refractivity contribution is 0.0693. The number of nitrogens with zero attached hydrogens (tertiary/aromatic N) is 1. The third kappa shape index (κ3) is 5.21. The number of likely N-dealkylation sites (tertiary alicyclic amines) is 1. The SMILES string of the molecule is CSc1ccc(S(=O)(=O)NCc2ccccc2C)cc1C(=O)N1CCC(C)CC1. The largest absolute Gasteiger partial charge is 0.339 e. The first kappa shape index (κ1) is 21.9. The summed E-state index contributed by atoms with van der Waals surface area (Å²) in [7, 11) is -3.73. The van der Waals surface area contributed by atoms with Gasteiger partial charge < -0.3 is 4.90 Å². The molecule has 2 aromatic rings. The minimum Gasteiger partial charge on any atom is -0.339 e. The first-order valence-corrected chi connectivity index (χ1v) is 12.5. The number of piperidine rings is 1. The molecule has 1 aliphatic heterocycles. The van der Waals surface area contributed by atoms with Crippen LogP contribution >= 0.6 is 11.8 Å². The normalized spacial score (nSPS) is 15.5. The molecule has 29 heavy (non-hydrogen) atoms. The predicted octanol–water partition coefficient (Wildman–Crippen LogP) is 4.07. The van der Waals surface area contributed by atoms with Crippen molar-refractivity contribution >= 4 is 27.7 Å². The number of carbonyl (C=O) groups excluding carboxylic acids is 1. The molecule has 1 heterocycles. The van der Waals surface area contributed by atoms with Crippen LogP contribution in [0.15, 0.2) is 52.3 Å². The maximum absolute atomic E-state index is 13.1. The smallest absolute Gasteiger partial charge is 0.255 e. The van der Waals surface area contributed by atoms with Crippen LogP contribution in [0.3, 0.4) is 0 Å². The zero-order valence-corrected chi connectivity index (χ0v) is 18.8. The summed E-state index contributed by atoms with van der Waals surface area (Å²) in [5, 5.41) is 0. The highest BCUT2D eigenvalue weighted by molar-refractivity contribution is 7.98. The number of rotatable bonds is 6. The zero-order chi connectivity index (χ0) is 21.0. The van der Waals surface area contributed by atoms with Gasteiger partial charge in [-0.25, -0.2) is 13.1 Å². The molecule has 1 aliphatic rings. The van der Waals surface area contributed by atoms with Crippen molar-refractivity contribution in [1.82, 2.24) is 9.62 Å². The lowest BCUT2D eigenvalue weighted by atomic mass is 9.98. The molecule has 0 radical (unpaired) electrons. The number of sulfonamides is 1. The Morgan fingerprint density at radius 3 is 2.52 bits per heavy atom. The van der Waals surface area contributed by atoms with Crippen LogP contribution in [-0.4, -0.2) is 38.6 Å². The molecule has 1 saturated heterocycles. The molecule has 2 aromatic carbocycles. The first-order chi connectivity index (χ1) is 13.8. The average molecular weight is 433 g/mol. The second-order valence-electron chi connectivity index (χ2n) is 7.59. The number of hydrogen-bond acceptors (Lipinski definition) is 4. The quantitative estimate of drug-likeness (QED) is 0.699. The number of nitrogens with one attached hydrogen (secondary N) is 1. The van der Waals surface area contributed by atoms with E-state index >= 15 is 0 Å². The van der Waals surface area contributed by atoms with Crippen LogP contribution in [0.1, 0.15) is 41.3 Å². The molecule has 0 aromatic heterocycles. The van der Waals surface area contributed by atoms with Gasteiger partial charge in [0.25, 0.3) is 5.91 Å². The standard InChI is InChI=1S/C22H28N2O3S2/c1-16-10-12-24(13-11-16)22(25)20-14-19(8-9-21(20)28-3)29(26,27)23-15-18-7-5-4-6-17(18)2/h4-9,14,16,23H,10-13,15H2,1-3H3. The summed E-state index contributed by atoms with van der Waals surface area (Å²) in [6, 6.07) is 12.5. The highest BCUT2D eigenvalue weighted by Crippen LogP contribution is 2.27. The van der Waals surface area contributed by atoms with E-state index < -0.39 is 10.0 Å². The van der Waals surface area contributed by atoms with Gasteiger partial charge in [-0.1, -0.05) is 31.2 Å². The highest BCUT2D eigenvalue weighted by atomic mass is 32.2. The summed E-state index contributed by atoms with van der Waals surface area (Å²) in [4.78, 5) is 15.8. The van der Waals surface area contributed by atoms with E-state index in [0.717, 1.165) is 42.0 Å². The van der Waals surface area contributed by atoms with E-state index in [2.05, 4.69) is 11.6 Å². The van der Waals surface area contributed by atoms with Gasteiger partial charge in [-0.3, -0.25) is 4.79 Å². The second-order valence-corrected chi connectivity index (χ2v) is 10.2. The predicted molar refractivity (Wildman–Crippen MR) is 118 cm³/mol. The van der Waals surface area contributed by atoms with Crippen molar-refractivity contribution < 1.29 is 13.2 Å². The number of hydrogen-bond donors (Lipinski definition) is 1. The fraction of sp³-hybridized carbons (Fsp3) is 0.409. The van der Waals surface area contributed by atoms with Crippen molar-refractivity contribution in [3.05, 3.63) is 59.2 Å². The van der Waals surface area contributed by atoms with Gasteiger partial charge in [0.05, 0.1) is 10.5 Å². The number of aryl methyl sites for hydroxylation is 1. The summed E-state index contributed by atoms with van der Waals surface area (Å²) < 4.78 is 28.4. The van der Waals surface area contributed by atoms with Crippen LogP contribution in [0.2, 0.25) is 0 Å². The Labute approximate surface area is 177 Å². The Hall–Kier alpha value is -1.83. The van der Waals surface area contributed by atoms with Crippen LogP contribution in [0.5, 0.6) is 0 Å². The number of benzene rings is 2. The van der Waals surface area contributed by atoms with Crippen molar-refractivity contribution in [2.24, 2.45) is 5.92 Å². The van der Waals surface area contributed by atoms with Crippen molar-refractivity contribution in [1.29, 1.82) is 0 Å². The van der Waals surface area contributed by atoms with Gasteiger partial charge in [0.2, 0.25) is 10.0 Å². The van der Waals surface area contributed by atoms with E-state index in [0.29, 0.717) is 11.5 Å². The van der Waals surface area contributed by atoms with Crippen LogP contribution in [0.25, 0.3) is 0 Å². The molecule has 156 valence electrons. The maximum Gasteiger partial charge on any atom is 0.255 e. The Morgan fingerprint density at radius 2 is 1.86 bits per heavy atom. The zero-order valence-electron chi connectivity index (χ0n) is 17.1. The molecule has 1 fully saturated rings. The topological polar surface area (TPSA) is 66.5 Å². The summed E-state index contributed by atoms with van der Waals surface area (Å²) in [5.74, 6) is 0.536. The van der Waals surface area contributed by atoms with Gasteiger partial charge in [-0.2, -0.15) is 0 Å². The van der Waals surface area contributed by atoms with Crippen molar-refractivity contribution in [3.8, 4) is 0 Å². The average Bonchev–Trinajstić information content (AvgIpc) is 2.72. The van der Waals surface area contributed by atoms with Gasteiger partial charge in [-0.15, -0.1) is 11.8 Å². The molecule has 0 unspecified atom stereocenters. The summed E-state index contributed by atoms with van der Waals surface area (Å²) >= 11 is 1.46. The van der Waals surface area contributed by atoms with Gasteiger partial charge in [-0.05, 0) is 61.3 Å². The molecular weight excluding hydrogens is 404 g/mol. The van der Waals surface area contributed by atoms with E-state index in [4.69, 9.17) is 0 Å². The number of thioether (sulfide) groups is 1. The Bertz CT molecular complexity index is 981. The fourth-order valence-corrected chi connectivity index (χ4v) is 5.07. The van der Waals surface area contributed by atoms with E-state index in [1.165, 1.54) is 17.8 Å². The maximum atomic E-state index is 13.1. The molecule has 0 spiro atoms. The van der Waals surface area contributed by atoms with Gasteiger partial charge in [0.15, 0.2) is 0 Å². The van der Waals surface area contributed by atoms with Crippen LogP contribution in [0.4, 0.5) is 0 Å².